The fourth-order valence-corrected chi connectivity index (χ4v) is 1.52. The van der Waals surface area contributed by atoms with Crippen LogP contribution in [0.4, 0.5) is 0 Å². The van der Waals surface area contributed by atoms with E-state index in [1.807, 2.05) is 0 Å². The van der Waals surface area contributed by atoms with Crippen molar-refractivity contribution in [2.75, 3.05) is 13.2 Å². The standard InChI is InChI=1S/C9H18N2O7/c10-3(8(15)16)2-17-9-5(11)7(14)6(13)4(1-12)18-9/h3-7,9,12-14H,1-2,10-11H2,(H,15,16)/t3-,4+,5+,6+,7+,9+/m0/s1. The summed E-state index contributed by atoms with van der Waals surface area (Å²) in [6.45, 7) is -0.898. The van der Waals surface area contributed by atoms with Crippen molar-refractivity contribution in [2.24, 2.45) is 11.5 Å². The zero-order valence-corrected chi connectivity index (χ0v) is 9.55. The zero-order valence-electron chi connectivity index (χ0n) is 9.55. The SMILES string of the molecule is N[C@H]1[C@H](OC[C@H](N)C(=O)O)O[C@H](CO)[C@@H](O)[C@@H]1O. The van der Waals surface area contributed by atoms with Crippen molar-refractivity contribution in [1.29, 1.82) is 0 Å². The molecule has 0 radical (unpaired) electrons. The lowest BCUT2D eigenvalue weighted by Gasteiger charge is -2.40. The van der Waals surface area contributed by atoms with E-state index >= 15 is 0 Å². The van der Waals surface area contributed by atoms with Crippen molar-refractivity contribution in [1.82, 2.24) is 0 Å². The van der Waals surface area contributed by atoms with Gasteiger partial charge < -0.3 is 41.4 Å². The van der Waals surface area contributed by atoms with E-state index in [1.54, 1.807) is 0 Å². The van der Waals surface area contributed by atoms with Crippen LogP contribution < -0.4 is 11.5 Å². The minimum Gasteiger partial charge on any atom is -0.480 e. The monoisotopic (exact) mass is 266 g/mol. The van der Waals surface area contributed by atoms with Gasteiger partial charge in [-0.25, -0.2) is 0 Å². The van der Waals surface area contributed by atoms with Crippen LogP contribution in [0.15, 0.2) is 0 Å². The van der Waals surface area contributed by atoms with E-state index < -0.39 is 49.3 Å². The molecule has 18 heavy (non-hydrogen) atoms. The predicted octanol–water partition coefficient (Wildman–Crippen LogP) is -3.82. The highest BCUT2D eigenvalue weighted by atomic mass is 16.7. The van der Waals surface area contributed by atoms with Crippen molar-refractivity contribution in [3.8, 4) is 0 Å². The van der Waals surface area contributed by atoms with Crippen LogP contribution >= 0.6 is 0 Å². The first-order valence-corrected chi connectivity index (χ1v) is 5.36. The molecule has 0 aliphatic carbocycles. The van der Waals surface area contributed by atoms with E-state index in [0.717, 1.165) is 0 Å². The number of aliphatic carboxylic acids is 1. The molecule has 0 aromatic rings. The summed E-state index contributed by atoms with van der Waals surface area (Å²) in [4.78, 5) is 10.5. The maximum absolute atomic E-state index is 10.5. The molecule has 0 spiro atoms. The molecule has 1 fully saturated rings. The smallest absolute Gasteiger partial charge is 0.322 e. The number of carbonyl (C=O) groups is 1. The van der Waals surface area contributed by atoms with Gasteiger partial charge in [-0.15, -0.1) is 0 Å². The Morgan fingerprint density at radius 1 is 1.39 bits per heavy atom. The predicted molar refractivity (Wildman–Crippen MR) is 57.3 cm³/mol. The van der Waals surface area contributed by atoms with Crippen molar-refractivity contribution >= 4 is 5.97 Å². The highest BCUT2D eigenvalue weighted by molar-refractivity contribution is 5.73. The van der Waals surface area contributed by atoms with Crippen LogP contribution in [0.25, 0.3) is 0 Å². The van der Waals surface area contributed by atoms with Crippen molar-refractivity contribution < 1.29 is 34.7 Å². The number of hydrogen-bond acceptors (Lipinski definition) is 8. The third kappa shape index (κ3) is 3.36. The molecule has 9 nitrogen and oxygen atoms in total. The van der Waals surface area contributed by atoms with Crippen LogP contribution in [0.5, 0.6) is 0 Å². The fourth-order valence-electron chi connectivity index (χ4n) is 1.52. The molecule has 0 aromatic heterocycles. The maximum atomic E-state index is 10.5. The van der Waals surface area contributed by atoms with Gasteiger partial charge in [0.15, 0.2) is 6.29 Å². The Morgan fingerprint density at radius 3 is 2.50 bits per heavy atom. The number of rotatable bonds is 5. The second-order valence-electron chi connectivity index (χ2n) is 4.06. The third-order valence-corrected chi connectivity index (χ3v) is 2.69. The molecule has 1 saturated heterocycles. The quantitative estimate of drug-likeness (QED) is 0.292. The largest absolute Gasteiger partial charge is 0.480 e. The lowest BCUT2D eigenvalue weighted by atomic mass is 9.98. The van der Waals surface area contributed by atoms with E-state index in [-0.39, 0.29) is 6.61 Å². The molecular weight excluding hydrogens is 248 g/mol. The molecule has 1 rings (SSSR count). The third-order valence-electron chi connectivity index (χ3n) is 2.69. The van der Waals surface area contributed by atoms with Gasteiger partial charge >= 0.3 is 5.97 Å². The van der Waals surface area contributed by atoms with Gasteiger partial charge in [0.25, 0.3) is 0 Å². The van der Waals surface area contributed by atoms with Gasteiger partial charge in [-0.3, -0.25) is 4.79 Å². The second-order valence-corrected chi connectivity index (χ2v) is 4.06. The van der Waals surface area contributed by atoms with E-state index in [4.69, 9.17) is 31.2 Å². The molecule has 9 heteroatoms. The van der Waals surface area contributed by atoms with Gasteiger partial charge in [-0.2, -0.15) is 0 Å². The Bertz CT molecular complexity index is 288. The topological polar surface area (TPSA) is 168 Å². The van der Waals surface area contributed by atoms with E-state index in [2.05, 4.69) is 0 Å². The molecule has 0 bridgehead atoms. The Labute approximate surface area is 103 Å². The van der Waals surface area contributed by atoms with Crippen LogP contribution in [0.1, 0.15) is 0 Å². The summed E-state index contributed by atoms with van der Waals surface area (Å²) in [5.41, 5.74) is 10.8. The first kappa shape index (κ1) is 15.2. The summed E-state index contributed by atoms with van der Waals surface area (Å²) in [6, 6.07) is -2.32. The molecule has 0 aromatic carbocycles. The molecule has 1 aliphatic heterocycles. The molecular formula is C9H18N2O7. The normalized spacial score (nSPS) is 38.4. The molecule has 1 heterocycles. The van der Waals surface area contributed by atoms with Crippen LogP contribution in [0.2, 0.25) is 0 Å². The summed E-state index contributed by atoms with van der Waals surface area (Å²) in [6.07, 6.45) is -4.88. The minimum atomic E-state index is -1.35. The Kier molecular flexibility index (Phi) is 5.41. The molecule has 6 atom stereocenters. The van der Waals surface area contributed by atoms with Gasteiger partial charge in [0.2, 0.25) is 0 Å². The van der Waals surface area contributed by atoms with E-state index in [1.165, 1.54) is 0 Å². The molecule has 8 N–H and O–H groups in total. The fraction of sp³-hybridized carbons (Fsp3) is 0.889. The molecule has 0 unspecified atom stereocenters. The Morgan fingerprint density at radius 2 is 2.00 bits per heavy atom. The summed E-state index contributed by atoms with van der Waals surface area (Å²) < 4.78 is 10.1. The first-order valence-electron chi connectivity index (χ1n) is 5.36. The summed E-state index contributed by atoms with van der Waals surface area (Å²) in [5, 5.41) is 36.6. The summed E-state index contributed by atoms with van der Waals surface area (Å²) in [5.74, 6) is -1.25. The summed E-state index contributed by atoms with van der Waals surface area (Å²) >= 11 is 0. The van der Waals surface area contributed by atoms with Crippen molar-refractivity contribution in [3.63, 3.8) is 0 Å². The first-order chi connectivity index (χ1) is 8.38. The van der Waals surface area contributed by atoms with Crippen LogP contribution in [0.3, 0.4) is 0 Å². The minimum absolute atomic E-state index is 0.366. The lowest BCUT2D eigenvalue weighted by molar-refractivity contribution is -0.266. The number of aliphatic hydroxyl groups is 3. The van der Waals surface area contributed by atoms with Crippen molar-refractivity contribution in [3.05, 3.63) is 0 Å². The number of carboxylic acid groups (broad SMARTS) is 1. The number of aliphatic hydroxyl groups excluding tert-OH is 3. The molecule has 106 valence electrons. The van der Waals surface area contributed by atoms with Crippen molar-refractivity contribution in [2.45, 2.75) is 36.7 Å². The average Bonchev–Trinajstić information content (AvgIpc) is 2.34. The number of carboxylic acids is 1. The van der Waals surface area contributed by atoms with E-state index in [9.17, 15) is 15.0 Å². The summed E-state index contributed by atoms with van der Waals surface area (Å²) in [7, 11) is 0. The maximum Gasteiger partial charge on any atom is 0.322 e. The number of nitrogens with two attached hydrogens (primary N) is 2. The molecule has 0 saturated carbocycles. The zero-order chi connectivity index (χ0) is 13.9. The van der Waals surface area contributed by atoms with Crippen LogP contribution in [0, 0.1) is 0 Å². The Balaban J connectivity index is 2.56. The van der Waals surface area contributed by atoms with Gasteiger partial charge in [0, 0.05) is 0 Å². The van der Waals surface area contributed by atoms with Gasteiger partial charge in [-0.1, -0.05) is 0 Å². The highest BCUT2D eigenvalue weighted by Crippen LogP contribution is 2.20. The van der Waals surface area contributed by atoms with Crippen LogP contribution in [-0.2, 0) is 14.3 Å². The number of ether oxygens (including phenoxy) is 2. The van der Waals surface area contributed by atoms with Gasteiger partial charge in [-0.05, 0) is 0 Å². The lowest BCUT2D eigenvalue weighted by Crippen LogP contribution is -2.62. The molecule has 0 amide bonds. The van der Waals surface area contributed by atoms with Gasteiger partial charge in [0.05, 0.1) is 19.3 Å². The van der Waals surface area contributed by atoms with E-state index in [0.29, 0.717) is 0 Å². The van der Waals surface area contributed by atoms with Crippen LogP contribution in [-0.4, -0.2) is 76.3 Å². The average molecular weight is 266 g/mol. The highest BCUT2D eigenvalue weighted by Gasteiger charge is 2.43. The Hall–Kier alpha value is -0.810. The number of hydrogen-bond donors (Lipinski definition) is 6. The second kappa shape index (κ2) is 6.38. The molecule has 1 aliphatic rings. The van der Waals surface area contributed by atoms with Gasteiger partial charge in [0.1, 0.15) is 24.4 Å².